The van der Waals surface area contributed by atoms with Gasteiger partial charge in [-0.15, -0.1) is 0 Å². The highest BCUT2D eigenvalue weighted by atomic mass is 35.5. The first-order valence-electron chi connectivity index (χ1n) is 7.81. The van der Waals surface area contributed by atoms with Crippen LogP contribution >= 0.6 is 11.6 Å². The van der Waals surface area contributed by atoms with Crippen LogP contribution in [0.2, 0.25) is 5.02 Å². The van der Waals surface area contributed by atoms with Gasteiger partial charge in [0.15, 0.2) is 5.75 Å². The number of pyridine rings is 1. The van der Waals surface area contributed by atoms with Gasteiger partial charge >= 0.3 is 0 Å². The summed E-state index contributed by atoms with van der Waals surface area (Å²) in [6, 6.07) is 17.5. The second-order valence-corrected chi connectivity index (χ2v) is 6.20. The van der Waals surface area contributed by atoms with Gasteiger partial charge in [-0.3, -0.25) is 4.98 Å². The Bertz CT molecular complexity index is 863. The maximum Gasteiger partial charge on any atom is 0.154 e. The van der Waals surface area contributed by atoms with Crippen molar-refractivity contribution in [3.8, 4) is 11.5 Å². The first-order chi connectivity index (χ1) is 11.7. The zero-order chi connectivity index (χ0) is 16.5. The molecule has 4 heteroatoms. The van der Waals surface area contributed by atoms with Gasteiger partial charge in [-0.2, -0.15) is 0 Å². The Morgan fingerprint density at radius 3 is 2.58 bits per heavy atom. The third-order valence-corrected chi connectivity index (χ3v) is 4.41. The molecule has 0 aliphatic carbocycles. The number of aromatic nitrogens is 1. The SMILES string of the molecule is Cc1ncc2c(c1Oc1ccccc1)COC2c1ccc(Cl)cc1. The number of rotatable bonds is 3. The molecular weight excluding hydrogens is 322 g/mol. The van der Waals surface area contributed by atoms with Crippen molar-refractivity contribution in [1.29, 1.82) is 0 Å². The van der Waals surface area contributed by atoms with E-state index in [1.54, 1.807) is 0 Å². The molecule has 0 bridgehead atoms. The average Bonchev–Trinajstić information content (AvgIpc) is 3.03. The maximum absolute atomic E-state index is 6.09. The fourth-order valence-electron chi connectivity index (χ4n) is 2.94. The van der Waals surface area contributed by atoms with E-state index in [1.807, 2.05) is 67.7 Å². The number of hydrogen-bond acceptors (Lipinski definition) is 3. The Labute approximate surface area is 145 Å². The van der Waals surface area contributed by atoms with E-state index in [0.717, 1.165) is 33.9 Å². The van der Waals surface area contributed by atoms with Crippen LogP contribution in [0, 0.1) is 6.92 Å². The van der Waals surface area contributed by atoms with E-state index in [-0.39, 0.29) is 6.10 Å². The topological polar surface area (TPSA) is 31.4 Å². The molecule has 3 aromatic rings. The second-order valence-electron chi connectivity index (χ2n) is 5.76. The van der Waals surface area contributed by atoms with Crippen molar-refractivity contribution in [2.24, 2.45) is 0 Å². The van der Waals surface area contributed by atoms with Crippen molar-refractivity contribution in [2.45, 2.75) is 19.6 Å². The predicted molar refractivity (Wildman–Crippen MR) is 93.6 cm³/mol. The van der Waals surface area contributed by atoms with Crippen LogP contribution in [-0.4, -0.2) is 4.98 Å². The summed E-state index contributed by atoms with van der Waals surface area (Å²) < 4.78 is 12.1. The Morgan fingerprint density at radius 1 is 1.08 bits per heavy atom. The summed E-state index contributed by atoms with van der Waals surface area (Å²) in [7, 11) is 0. The minimum atomic E-state index is -0.136. The van der Waals surface area contributed by atoms with Gasteiger partial charge in [0.05, 0.1) is 12.3 Å². The van der Waals surface area contributed by atoms with E-state index in [0.29, 0.717) is 11.6 Å². The van der Waals surface area contributed by atoms with Gasteiger partial charge in [-0.1, -0.05) is 41.9 Å². The largest absolute Gasteiger partial charge is 0.455 e. The summed E-state index contributed by atoms with van der Waals surface area (Å²) in [5, 5.41) is 0.715. The smallest absolute Gasteiger partial charge is 0.154 e. The summed E-state index contributed by atoms with van der Waals surface area (Å²) in [5.74, 6) is 1.58. The highest BCUT2D eigenvalue weighted by Gasteiger charge is 2.29. The van der Waals surface area contributed by atoms with Crippen LogP contribution in [0.15, 0.2) is 60.8 Å². The lowest BCUT2D eigenvalue weighted by molar-refractivity contribution is 0.0933. The normalized spacial score (nSPS) is 16.0. The van der Waals surface area contributed by atoms with Gasteiger partial charge < -0.3 is 9.47 Å². The molecule has 2 heterocycles. The van der Waals surface area contributed by atoms with Crippen molar-refractivity contribution in [2.75, 3.05) is 0 Å². The quantitative estimate of drug-likeness (QED) is 0.636. The molecule has 0 N–H and O–H groups in total. The van der Waals surface area contributed by atoms with Crippen molar-refractivity contribution < 1.29 is 9.47 Å². The monoisotopic (exact) mass is 337 g/mol. The minimum absolute atomic E-state index is 0.136. The lowest BCUT2D eigenvalue weighted by Crippen LogP contribution is -2.00. The van der Waals surface area contributed by atoms with Crippen LogP contribution in [0.25, 0.3) is 0 Å². The lowest BCUT2D eigenvalue weighted by Gasteiger charge is -2.14. The molecule has 2 aromatic carbocycles. The molecule has 1 atom stereocenters. The minimum Gasteiger partial charge on any atom is -0.455 e. The molecule has 3 nitrogen and oxygen atoms in total. The van der Waals surface area contributed by atoms with E-state index in [9.17, 15) is 0 Å². The Kier molecular flexibility index (Phi) is 3.97. The average molecular weight is 338 g/mol. The van der Waals surface area contributed by atoms with Crippen LogP contribution in [-0.2, 0) is 11.3 Å². The molecule has 1 aliphatic rings. The van der Waals surface area contributed by atoms with E-state index >= 15 is 0 Å². The number of nitrogens with zero attached hydrogens (tertiary/aromatic N) is 1. The summed E-state index contributed by atoms with van der Waals surface area (Å²) in [6.07, 6.45) is 1.75. The van der Waals surface area contributed by atoms with Gasteiger partial charge in [0, 0.05) is 22.3 Å². The zero-order valence-corrected chi connectivity index (χ0v) is 14.0. The molecule has 0 saturated carbocycles. The second kappa shape index (κ2) is 6.27. The number of benzene rings is 2. The molecule has 1 aliphatic heterocycles. The van der Waals surface area contributed by atoms with Gasteiger partial charge in [-0.25, -0.2) is 0 Å². The summed E-state index contributed by atoms with van der Waals surface area (Å²) in [6.45, 7) is 2.46. The molecule has 0 fully saturated rings. The molecule has 4 rings (SSSR count). The Balaban J connectivity index is 1.72. The molecule has 0 spiro atoms. The van der Waals surface area contributed by atoms with E-state index < -0.39 is 0 Å². The number of aryl methyl sites for hydroxylation is 1. The number of hydrogen-bond donors (Lipinski definition) is 0. The molecule has 120 valence electrons. The fraction of sp³-hybridized carbons (Fsp3) is 0.150. The Hall–Kier alpha value is -2.36. The lowest BCUT2D eigenvalue weighted by atomic mass is 10.0. The third-order valence-electron chi connectivity index (χ3n) is 4.16. The van der Waals surface area contributed by atoms with Gasteiger partial charge in [0.2, 0.25) is 0 Å². The van der Waals surface area contributed by atoms with E-state index in [2.05, 4.69) is 4.98 Å². The first kappa shape index (κ1) is 15.2. The number of ether oxygens (including phenoxy) is 2. The van der Waals surface area contributed by atoms with Crippen molar-refractivity contribution in [1.82, 2.24) is 4.98 Å². The molecule has 1 aromatic heterocycles. The molecule has 0 radical (unpaired) electrons. The number of para-hydroxylation sites is 1. The van der Waals surface area contributed by atoms with E-state index in [1.165, 1.54) is 0 Å². The number of fused-ring (bicyclic) bond motifs is 1. The maximum atomic E-state index is 6.09. The van der Waals surface area contributed by atoms with Gasteiger partial charge in [0.1, 0.15) is 11.9 Å². The van der Waals surface area contributed by atoms with Crippen molar-refractivity contribution >= 4 is 11.6 Å². The van der Waals surface area contributed by atoms with Crippen LogP contribution in [0.4, 0.5) is 0 Å². The summed E-state index contributed by atoms with van der Waals surface area (Å²) in [4.78, 5) is 4.51. The van der Waals surface area contributed by atoms with E-state index in [4.69, 9.17) is 21.1 Å². The first-order valence-corrected chi connectivity index (χ1v) is 8.18. The molecule has 0 saturated heterocycles. The molecular formula is C20H16ClNO2. The van der Waals surface area contributed by atoms with Crippen molar-refractivity contribution in [3.63, 3.8) is 0 Å². The standard InChI is InChI=1S/C20H16ClNO2/c1-13-19(24-16-5-3-2-4-6-16)18-12-23-20(17(18)11-22-13)14-7-9-15(21)10-8-14/h2-11,20H,12H2,1H3. The van der Waals surface area contributed by atoms with Crippen LogP contribution in [0.5, 0.6) is 11.5 Å². The summed E-state index contributed by atoms with van der Waals surface area (Å²) >= 11 is 5.98. The third kappa shape index (κ3) is 2.77. The van der Waals surface area contributed by atoms with Gasteiger partial charge in [-0.05, 0) is 36.8 Å². The molecule has 24 heavy (non-hydrogen) atoms. The fourth-order valence-corrected chi connectivity index (χ4v) is 3.06. The summed E-state index contributed by atoms with van der Waals surface area (Å²) in [5.41, 5.74) is 4.03. The zero-order valence-electron chi connectivity index (χ0n) is 13.2. The number of halogens is 1. The highest BCUT2D eigenvalue weighted by Crippen LogP contribution is 2.42. The van der Waals surface area contributed by atoms with Crippen LogP contribution in [0.1, 0.15) is 28.5 Å². The molecule has 0 amide bonds. The predicted octanol–water partition coefficient (Wildman–Crippen LogP) is 5.46. The van der Waals surface area contributed by atoms with Crippen LogP contribution < -0.4 is 4.74 Å². The van der Waals surface area contributed by atoms with Crippen molar-refractivity contribution in [3.05, 3.63) is 88.2 Å². The van der Waals surface area contributed by atoms with Crippen LogP contribution in [0.3, 0.4) is 0 Å². The Morgan fingerprint density at radius 2 is 1.83 bits per heavy atom. The highest BCUT2D eigenvalue weighted by molar-refractivity contribution is 6.30. The molecule has 1 unspecified atom stereocenters. The van der Waals surface area contributed by atoms with Gasteiger partial charge in [0.25, 0.3) is 0 Å².